The van der Waals surface area contributed by atoms with Crippen molar-refractivity contribution in [2.75, 3.05) is 13.1 Å². The fourth-order valence-electron chi connectivity index (χ4n) is 1.53. The van der Waals surface area contributed by atoms with Gasteiger partial charge in [-0.3, -0.25) is 9.59 Å². The molecule has 4 N–H and O–H groups in total. The topological polar surface area (TPSA) is 84.2 Å². The van der Waals surface area contributed by atoms with Crippen LogP contribution in [-0.2, 0) is 15.1 Å². The quantitative estimate of drug-likeness (QED) is 0.736. The van der Waals surface area contributed by atoms with Crippen molar-refractivity contribution in [3.63, 3.8) is 0 Å². The molecule has 1 unspecified atom stereocenters. The van der Waals surface area contributed by atoms with E-state index in [-0.39, 0.29) is 30.8 Å². The molecule has 5 nitrogen and oxygen atoms in total. The molecule has 0 heterocycles. The van der Waals surface area contributed by atoms with Crippen LogP contribution in [0.1, 0.15) is 19.4 Å². The maximum atomic E-state index is 12.0. The lowest BCUT2D eigenvalue weighted by Gasteiger charge is -2.24. The zero-order chi connectivity index (χ0) is 14.5. The predicted molar refractivity (Wildman–Crippen MR) is 84.6 cm³/mol. The Kier molecular flexibility index (Phi) is 7.78. The van der Waals surface area contributed by atoms with Crippen molar-refractivity contribution in [1.29, 1.82) is 0 Å². The maximum absolute atomic E-state index is 12.0. The largest absolute Gasteiger partial charge is 0.355 e. The molecular weight excluding hydrogens is 346 g/mol. The Labute approximate surface area is 133 Å². The van der Waals surface area contributed by atoms with E-state index in [4.69, 9.17) is 5.73 Å². The molecule has 0 radical (unpaired) electrons. The number of carbonyl (C=O) groups is 2. The van der Waals surface area contributed by atoms with Gasteiger partial charge in [-0.2, -0.15) is 0 Å². The van der Waals surface area contributed by atoms with Crippen LogP contribution in [-0.4, -0.2) is 24.9 Å². The summed E-state index contributed by atoms with van der Waals surface area (Å²) in [7, 11) is 0. The molecule has 0 aliphatic rings. The molecule has 0 fully saturated rings. The highest BCUT2D eigenvalue weighted by Crippen LogP contribution is 2.20. The minimum atomic E-state index is -1.17. The van der Waals surface area contributed by atoms with Gasteiger partial charge in [-0.15, -0.1) is 12.4 Å². The van der Waals surface area contributed by atoms with Crippen LogP contribution in [0.5, 0.6) is 0 Å². The Bertz CT molecular complexity index is 463. The second-order valence-corrected chi connectivity index (χ2v) is 5.26. The molecule has 1 rings (SSSR count). The van der Waals surface area contributed by atoms with Gasteiger partial charge >= 0.3 is 0 Å². The monoisotopic (exact) mass is 363 g/mol. The van der Waals surface area contributed by atoms with Crippen molar-refractivity contribution in [3.05, 3.63) is 34.3 Å². The first-order chi connectivity index (χ1) is 8.87. The van der Waals surface area contributed by atoms with Gasteiger partial charge in [0.2, 0.25) is 11.8 Å². The standard InChI is InChI=1S/C13H18BrN3O2.ClH/c1-3-16-11(18)8-17-12(19)13(2,15)9-4-6-10(14)7-5-9;/h4-7H,3,8,15H2,1-2H3,(H,16,18)(H,17,19);1H. The van der Waals surface area contributed by atoms with E-state index in [2.05, 4.69) is 26.6 Å². The van der Waals surface area contributed by atoms with Crippen LogP contribution in [0.15, 0.2) is 28.7 Å². The third-order valence-electron chi connectivity index (χ3n) is 2.70. The number of halogens is 2. The van der Waals surface area contributed by atoms with Crippen LogP contribution >= 0.6 is 28.3 Å². The number of nitrogens with two attached hydrogens (primary N) is 1. The van der Waals surface area contributed by atoms with Crippen molar-refractivity contribution < 1.29 is 9.59 Å². The Morgan fingerprint density at radius 2 is 1.80 bits per heavy atom. The number of hydrogen-bond donors (Lipinski definition) is 3. The van der Waals surface area contributed by atoms with Crippen molar-refractivity contribution in [2.24, 2.45) is 5.73 Å². The van der Waals surface area contributed by atoms with Gasteiger partial charge in [0.15, 0.2) is 0 Å². The summed E-state index contributed by atoms with van der Waals surface area (Å²) in [6, 6.07) is 7.18. The number of benzene rings is 1. The van der Waals surface area contributed by atoms with E-state index in [0.29, 0.717) is 12.1 Å². The van der Waals surface area contributed by atoms with Crippen molar-refractivity contribution in [1.82, 2.24) is 10.6 Å². The van der Waals surface area contributed by atoms with Crippen LogP contribution in [0.3, 0.4) is 0 Å². The second-order valence-electron chi connectivity index (χ2n) is 4.35. The maximum Gasteiger partial charge on any atom is 0.244 e. The lowest BCUT2D eigenvalue weighted by atomic mass is 9.92. The second kappa shape index (κ2) is 8.24. The molecule has 0 aromatic heterocycles. The van der Waals surface area contributed by atoms with E-state index < -0.39 is 5.54 Å². The average molecular weight is 365 g/mol. The van der Waals surface area contributed by atoms with Gasteiger partial charge in [0, 0.05) is 11.0 Å². The first kappa shape index (κ1) is 18.9. The minimum Gasteiger partial charge on any atom is -0.355 e. The van der Waals surface area contributed by atoms with E-state index >= 15 is 0 Å². The molecule has 1 atom stereocenters. The number of nitrogens with one attached hydrogen (secondary N) is 2. The lowest BCUT2D eigenvalue weighted by Crippen LogP contribution is -2.51. The van der Waals surface area contributed by atoms with Crippen molar-refractivity contribution in [3.8, 4) is 0 Å². The Morgan fingerprint density at radius 1 is 1.25 bits per heavy atom. The van der Waals surface area contributed by atoms with Crippen LogP contribution < -0.4 is 16.4 Å². The van der Waals surface area contributed by atoms with Crippen molar-refractivity contribution in [2.45, 2.75) is 19.4 Å². The van der Waals surface area contributed by atoms with E-state index in [1.165, 1.54) is 0 Å². The molecule has 1 aromatic carbocycles. The van der Waals surface area contributed by atoms with Crippen LogP contribution in [0.25, 0.3) is 0 Å². The Balaban J connectivity index is 0.00000361. The average Bonchev–Trinajstić information content (AvgIpc) is 2.36. The summed E-state index contributed by atoms with van der Waals surface area (Å²) >= 11 is 3.32. The van der Waals surface area contributed by atoms with Gasteiger partial charge in [-0.05, 0) is 31.5 Å². The smallest absolute Gasteiger partial charge is 0.244 e. The SMILES string of the molecule is CCNC(=O)CNC(=O)C(C)(N)c1ccc(Br)cc1.Cl. The highest BCUT2D eigenvalue weighted by molar-refractivity contribution is 9.10. The predicted octanol–water partition coefficient (Wildman–Crippen LogP) is 1.30. The Morgan fingerprint density at radius 3 is 2.30 bits per heavy atom. The van der Waals surface area contributed by atoms with Gasteiger partial charge in [0.1, 0.15) is 5.54 Å². The fraction of sp³-hybridized carbons (Fsp3) is 0.385. The van der Waals surface area contributed by atoms with E-state index in [9.17, 15) is 9.59 Å². The number of amides is 2. The lowest BCUT2D eigenvalue weighted by molar-refractivity contribution is -0.129. The third-order valence-corrected chi connectivity index (χ3v) is 3.23. The molecular formula is C13H19BrClN3O2. The molecule has 0 aliphatic heterocycles. The van der Waals surface area contributed by atoms with Gasteiger partial charge in [0.25, 0.3) is 0 Å². The van der Waals surface area contributed by atoms with Gasteiger partial charge in [0.05, 0.1) is 6.54 Å². The molecule has 2 amide bonds. The highest BCUT2D eigenvalue weighted by Gasteiger charge is 2.30. The fourth-order valence-corrected chi connectivity index (χ4v) is 1.80. The molecule has 0 saturated carbocycles. The summed E-state index contributed by atoms with van der Waals surface area (Å²) in [5.41, 5.74) is 5.54. The van der Waals surface area contributed by atoms with E-state index in [0.717, 1.165) is 4.47 Å². The number of hydrogen-bond acceptors (Lipinski definition) is 3. The summed E-state index contributed by atoms with van der Waals surface area (Å²) < 4.78 is 0.912. The molecule has 112 valence electrons. The highest BCUT2D eigenvalue weighted by atomic mass is 79.9. The summed E-state index contributed by atoms with van der Waals surface area (Å²) in [6.07, 6.45) is 0. The summed E-state index contributed by atoms with van der Waals surface area (Å²) in [6.45, 7) is 3.88. The molecule has 0 spiro atoms. The molecule has 7 heteroatoms. The number of carbonyl (C=O) groups excluding carboxylic acids is 2. The first-order valence-corrected chi connectivity index (χ1v) is 6.77. The van der Waals surface area contributed by atoms with Crippen molar-refractivity contribution >= 4 is 40.2 Å². The zero-order valence-corrected chi connectivity index (χ0v) is 13.8. The molecule has 0 saturated heterocycles. The normalized spacial score (nSPS) is 12.8. The van der Waals surface area contributed by atoms with Crippen LogP contribution in [0, 0.1) is 0 Å². The minimum absolute atomic E-state index is 0. The van der Waals surface area contributed by atoms with Gasteiger partial charge in [-0.1, -0.05) is 28.1 Å². The van der Waals surface area contributed by atoms with Crippen LogP contribution in [0.4, 0.5) is 0 Å². The molecule has 0 bridgehead atoms. The van der Waals surface area contributed by atoms with Gasteiger partial charge in [-0.25, -0.2) is 0 Å². The molecule has 0 aliphatic carbocycles. The number of likely N-dealkylation sites (N-methyl/N-ethyl adjacent to an activating group) is 1. The van der Waals surface area contributed by atoms with E-state index in [1.54, 1.807) is 19.1 Å². The summed E-state index contributed by atoms with van der Waals surface area (Å²) in [5, 5.41) is 5.13. The molecule has 1 aromatic rings. The summed E-state index contributed by atoms with van der Waals surface area (Å²) in [5.74, 6) is -0.622. The van der Waals surface area contributed by atoms with E-state index in [1.807, 2.05) is 19.1 Å². The zero-order valence-electron chi connectivity index (χ0n) is 11.4. The van der Waals surface area contributed by atoms with Gasteiger partial charge < -0.3 is 16.4 Å². The Hall–Kier alpha value is -1.11. The van der Waals surface area contributed by atoms with Crippen LogP contribution in [0.2, 0.25) is 0 Å². The number of rotatable bonds is 5. The molecule has 20 heavy (non-hydrogen) atoms. The first-order valence-electron chi connectivity index (χ1n) is 5.98. The third kappa shape index (κ3) is 5.11. The summed E-state index contributed by atoms with van der Waals surface area (Å²) in [4.78, 5) is 23.3.